The molecule has 154 valence electrons. The second kappa shape index (κ2) is 9.65. The molecule has 1 atom stereocenters. The van der Waals surface area contributed by atoms with Gasteiger partial charge in [0.2, 0.25) is 11.8 Å². The second-order valence-corrected chi connectivity index (χ2v) is 7.45. The number of carbonyl (C=O) groups is 2. The van der Waals surface area contributed by atoms with E-state index in [0.29, 0.717) is 38.2 Å². The third-order valence-corrected chi connectivity index (χ3v) is 5.38. The lowest BCUT2D eigenvalue weighted by atomic mass is 9.95. The van der Waals surface area contributed by atoms with Crippen LogP contribution in [0.1, 0.15) is 18.9 Å². The first-order valence-electron chi connectivity index (χ1n) is 10.1. The molecule has 0 bridgehead atoms. The molecule has 1 aliphatic heterocycles. The third-order valence-electron chi connectivity index (χ3n) is 5.38. The number of hydrogen-bond donors (Lipinski definition) is 1. The molecule has 1 fully saturated rings. The van der Waals surface area contributed by atoms with Gasteiger partial charge in [0.15, 0.2) is 0 Å². The monoisotopic (exact) mass is 397 g/mol. The van der Waals surface area contributed by atoms with E-state index >= 15 is 0 Å². The van der Waals surface area contributed by atoms with Gasteiger partial charge >= 0.3 is 0 Å². The highest BCUT2D eigenvalue weighted by Crippen LogP contribution is 2.24. The van der Waals surface area contributed by atoms with Crippen LogP contribution >= 0.6 is 0 Å². The van der Waals surface area contributed by atoms with E-state index < -0.39 is 0 Å². The van der Waals surface area contributed by atoms with Gasteiger partial charge in [-0.15, -0.1) is 0 Å². The minimum Gasteiger partial charge on any atom is -0.341 e. The number of rotatable bonds is 6. The van der Waals surface area contributed by atoms with Gasteiger partial charge < -0.3 is 15.5 Å². The number of nitrogens with two attached hydrogens (primary N) is 1. The summed E-state index contributed by atoms with van der Waals surface area (Å²) in [6, 6.07) is 14.3. The van der Waals surface area contributed by atoms with Crippen molar-refractivity contribution in [2.24, 2.45) is 11.7 Å². The van der Waals surface area contributed by atoms with Crippen LogP contribution in [-0.4, -0.2) is 54.3 Å². The lowest BCUT2D eigenvalue weighted by Gasteiger charge is -2.23. The molecule has 0 radical (unpaired) electrons. The summed E-state index contributed by atoms with van der Waals surface area (Å²) in [5.74, 6) is -0.613. The van der Waals surface area contributed by atoms with Crippen LogP contribution in [0, 0.1) is 11.7 Å². The van der Waals surface area contributed by atoms with Crippen molar-refractivity contribution in [3.8, 4) is 11.1 Å². The number of nitrogens with zero attached hydrogens (tertiary/aromatic N) is 2. The van der Waals surface area contributed by atoms with Crippen LogP contribution in [0.5, 0.6) is 0 Å². The average Bonchev–Trinajstić information content (AvgIpc) is 2.89. The van der Waals surface area contributed by atoms with Crippen LogP contribution in [0.15, 0.2) is 48.5 Å². The molecule has 2 amide bonds. The van der Waals surface area contributed by atoms with Crippen LogP contribution in [0.3, 0.4) is 0 Å². The van der Waals surface area contributed by atoms with E-state index in [2.05, 4.69) is 0 Å². The van der Waals surface area contributed by atoms with Crippen molar-refractivity contribution in [2.45, 2.75) is 19.8 Å². The van der Waals surface area contributed by atoms with E-state index in [0.717, 1.165) is 17.5 Å². The lowest BCUT2D eigenvalue weighted by Crippen LogP contribution is -2.40. The standard InChI is InChI=1S/C23H28FN3O2/c1-2-11-26-12-13-27(22(28)15-25)16-19(23(26)29)14-17-7-9-18(10-8-17)20-5-3-4-6-21(20)24/h3-10,19H,2,11-16,25H2,1H3/t19-/m0/s1. The molecule has 2 N–H and O–H groups in total. The number of amides is 2. The fraction of sp³-hybridized carbons (Fsp3) is 0.391. The van der Waals surface area contributed by atoms with Gasteiger partial charge in [-0.3, -0.25) is 9.59 Å². The van der Waals surface area contributed by atoms with E-state index in [1.807, 2.05) is 42.2 Å². The first kappa shape index (κ1) is 21.0. The molecular formula is C23H28FN3O2. The fourth-order valence-electron chi connectivity index (χ4n) is 3.84. The van der Waals surface area contributed by atoms with Gasteiger partial charge in [-0.2, -0.15) is 0 Å². The zero-order chi connectivity index (χ0) is 20.8. The minimum atomic E-state index is -0.307. The predicted octanol–water partition coefficient (Wildman–Crippen LogP) is 2.69. The maximum atomic E-state index is 14.0. The Morgan fingerprint density at radius 1 is 1.14 bits per heavy atom. The molecule has 1 saturated heterocycles. The molecule has 29 heavy (non-hydrogen) atoms. The summed E-state index contributed by atoms with van der Waals surface area (Å²) < 4.78 is 14.0. The van der Waals surface area contributed by atoms with E-state index in [4.69, 9.17) is 5.73 Å². The first-order chi connectivity index (χ1) is 14.0. The summed E-state index contributed by atoms with van der Waals surface area (Å²) in [7, 11) is 0. The van der Waals surface area contributed by atoms with Crippen LogP contribution < -0.4 is 5.73 Å². The predicted molar refractivity (Wildman–Crippen MR) is 112 cm³/mol. The quantitative estimate of drug-likeness (QED) is 0.815. The Hall–Kier alpha value is -2.73. The zero-order valence-corrected chi connectivity index (χ0v) is 16.8. The Kier molecular flexibility index (Phi) is 6.99. The molecular weight excluding hydrogens is 369 g/mol. The Bertz CT molecular complexity index is 853. The van der Waals surface area contributed by atoms with E-state index in [-0.39, 0.29) is 30.1 Å². The van der Waals surface area contributed by atoms with Crippen LogP contribution in [-0.2, 0) is 16.0 Å². The Labute approximate surface area is 171 Å². The highest BCUT2D eigenvalue weighted by atomic mass is 19.1. The molecule has 3 rings (SSSR count). The number of carbonyl (C=O) groups excluding carboxylic acids is 2. The van der Waals surface area contributed by atoms with Gasteiger partial charge in [0.25, 0.3) is 0 Å². The molecule has 2 aromatic rings. The molecule has 0 aliphatic carbocycles. The van der Waals surface area contributed by atoms with Crippen LogP contribution in [0.2, 0.25) is 0 Å². The molecule has 1 aliphatic rings. The Morgan fingerprint density at radius 2 is 1.86 bits per heavy atom. The first-order valence-corrected chi connectivity index (χ1v) is 10.1. The summed E-state index contributed by atoms with van der Waals surface area (Å²) >= 11 is 0. The van der Waals surface area contributed by atoms with Crippen molar-refractivity contribution in [1.82, 2.24) is 9.80 Å². The molecule has 2 aromatic carbocycles. The summed E-state index contributed by atoms with van der Waals surface area (Å²) in [6.07, 6.45) is 1.41. The SMILES string of the molecule is CCCN1CCN(C(=O)CN)C[C@H](Cc2ccc(-c3ccccc3F)cc2)C1=O. The van der Waals surface area contributed by atoms with Crippen molar-refractivity contribution in [1.29, 1.82) is 0 Å². The minimum absolute atomic E-state index is 0.0496. The van der Waals surface area contributed by atoms with E-state index in [1.54, 1.807) is 17.0 Å². The van der Waals surface area contributed by atoms with Crippen molar-refractivity contribution < 1.29 is 14.0 Å². The Morgan fingerprint density at radius 3 is 2.52 bits per heavy atom. The topological polar surface area (TPSA) is 66.6 Å². The summed E-state index contributed by atoms with van der Waals surface area (Å²) in [4.78, 5) is 28.7. The maximum absolute atomic E-state index is 14.0. The van der Waals surface area contributed by atoms with Gasteiger partial charge in [-0.05, 0) is 30.0 Å². The van der Waals surface area contributed by atoms with Gasteiger partial charge in [0.05, 0.1) is 12.5 Å². The summed E-state index contributed by atoms with van der Waals surface area (Å²) in [6.45, 7) is 4.12. The van der Waals surface area contributed by atoms with Crippen molar-refractivity contribution in [2.75, 3.05) is 32.7 Å². The van der Waals surface area contributed by atoms with Crippen molar-refractivity contribution in [3.63, 3.8) is 0 Å². The highest BCUT2D eigenvalue weighted by Gasteiger charge is 2.31. The second-order valence-electron chi connectivity index (χ2n) is 7.45. The fourth-order valence-corrected chi connectivity index (χ4v) is 3.84. The van der Waals surface area contributed by atoms with Gasteiger partial charge in [-0.25, -0.2) is 4.39 Å². The van der Waals surface area contributed by atoms with Crippen molar-refractivity contribution >= 4 is 11.8 Å². The molecule has 1 heterocycles. The van der Waals surface area contributed by atoms with Crippen molar-refractivity contribution in [3.05, 3.63) is 59.9 Å². The molecule has 0 saturated carbocycles. The number of benzene rings is 2. The number of halogens is 1. The summed E-state index contributed by atoms with van der Waals surface area (Å²) in [5.41, 5.74) is 7.88. The number of hydrogen-bond acceptors (Lipinski definition) is 3. The maximum Gasteiger partial charge on any atom is 0.236 e. The van der Waals surface area contributed by atoms with Gasteiger partial charge in [0.1, 0.15) is 5.82 Å². The molecule has 5 nitrogen and oxygen atoms in total. The van der Waals surface area contributed by atoms with Gasteiger partial charge in [-0.1, -0.05) is 49.4 Å². The summed E-state index contributed by atoms with van der Waals surface area (Å²) in [5, 5.41) is 0. The normalized spacial score (nSPS) is 17.3. The van der Waals surface area contributed by atoms with Crippen LogP contribution in [0.4, 0.5) is 4.39 Å². The van der Waals surface area contributed by atoms with E-state index in [9.17, 15) is 14.0 Å². The highest BCUT2D eigenvalue weighted by molar-refractivity contribution is 5.83. The average molecular weight is 397 g/mol. The molecule has 6 heteroatoms. The third kappa shape index (κ3) is 5.01. The van der Waals surface area contributed by atoms with E-state index in [1.165, 1.54) is 6.07 Å². The Balaban J connectivity index is 1.79. The molecule has 0 unspecified atom stereocenters. The lowest BCUT2D eigenvalue weighted by molar-refractivity contribution is -0.134. The zero-order valence-electron chi connectivity index (χ0n) is 16.8. The molecule has 0 aromatic heterocycles. The van der Waals surface area contributed by atoms with Gasteiger partial charge in [0, 0.05) is 31.7 Å². The van der Waals surface area contributed by atoms with Crippen LogP contribution in [0.25, 0.3) is 11.1 Å². The molecule has 0 spiro atoms. The largest absolute Gasteiger partial charge is 0.341 e. The smallest absolute Gasteiger partial charge is 0.236 e.